The van der Waals surface area contributed by atoms with Crippen molar-refractivity contribution >= 4 is 39.8 Å². The van der Waals surface area contributed by atoms with E-state index in [4.69, 9.17) is 11.6 Å². The lowest BCUT2D eigenvalue weighted by atomic mass is 9.77. The van der Waals surface area contributed by atoms with Gasteiger partial charge in [-0.05, 0) is 32.5 Å². The van der Waals surface area contributed by atoms with Crippen molar-refractivity contribution < 1.29 is 21.6 Å². The summed E-state index contributed by atoms with van der Waals surface area (Å²) in [4.78, 5) is 12.3. The maximum atomic E-state index is 14.7. The van der Waals surface area contributed by atoms with Crippen LogP contribution in [0.2, 0.25) is 5.15 Å². The van der Waals surface area contributed by atoms with Crippen molar-refractivity contribution in [3.63, 3.8) is 0 Å². The SMILES string of the molecule is C=Nc1nc(Cl)c(C2(C#N)CCS(=O)(=O)CC2)cc1/C(=N\C)N[C@H](C)c1cccc(C(F)F)c1F. The molecule has 1 fully saturated rings. The first kappa shape index (κ1) is 26.6. The molecular formula is C23H23ClF3N5O2S. The van der Waals surface area contributed by atoms with Gasteiger partial charge in [-0.2, -0.15) is 5.26 Å². The van der Waals surface area contributed by atoms with Crippen LogP contribution in [0, 0.1) is 17.1 Å². The maximum absolute atomic E-state index is 14.7. The molecular weight excluding hydrogens is 503 g/mol. The normalized spacial score (nSPS) is 18.1. The number of nitriles is 1. The van der Waals surface area contributed by atoms with Crippen LogP contribution in [-0.2, 0) is 15.3 Å². The predicted octanol–water partition coefficient (Wildman–Crippen LogP) is 4.84. The molecule has 7 nitrogen and oxygen atoms in total. The number of sulfone groups is 1. The van der Waals surface area contributed by atoms with Gasteiger partial charge in [-0.15, -0.1) is 0 Å². The first-order valence-electron chi connectivity index (χ1n) is 10.6. The maximum Gasteiger partial charge on any atom is 0.266 e. The quantitative estimate of drug-likeness (QED) is 0.330. The average Bonchev–Trinajstić information content (AvgIpc) is 2.83. The Kier molecular flexibility index (Phi) is 7.87. The molecule has 0 unspecified atom stereocenters. The molecule has 2 aromatic rings. The number of aromatic nitrogens is 1. The second-order valence-corrected chi connectivity index (χ2v) is 10.9. The molecule has 0 spiro atoms. The fraction of sp³-hybridized carbons (Fsp3) is 0.391. The van der Waals surface area contributed by atoms with E-state index in [-0.39, 0.29) is 46.7 Å². The van der Waals surface area contributed by atoms with Crippen LogP contribution in [0.3, 0.4) is 0 Å². The van der Waals surface area contributed by atoms with Crippen LogP contribution in [0.25, 0.3) is 0 Å². The summed E-state index contributed by atoms with van der Waals surface area (Å²) in [6, 6.07) is 6.72. The van der Waals surface area contributed by atoms with Crippen LogP contribution < -0.4 is 5.32 Å². The van der Waals surface area contributed by atoms with E-state index in [0.29, 0.717) is 11.1 Å². The number of hydrogen-bond acceptors (Lipinski definition) is 6. The fourth-order valence-corrected chi connectivity index (χ4v) is 5.90. The van der Waals surface area contributed by atoms with E-state index in [1.807, 2.05) is 0 Å². The first-order valence-corrected chi connectivity index (χ1v) is 12.8. The van der Waals surface area contributed by atoms with Gasteiger partial charge in [-0.25, -0.2) is 31.6 Å². The van der Waals surface area contributed by atoms with Crippen molar-refractivity contribution in [2.45, 2.75) is 37.6 Å². The van der Waals surface area contributed by atoms with E-state index < -0.39 is 39.1 Å². The Bertz CT molecular complexity index is 1310. The average molecular weight is 526 g/mol. The summed E-state index contributed by atoms with van der Waals surface area (Å²) in [5.74, 6) is -1.10. The summed E-state index contributed by atoms with van der Waals surface area (Å²) in [6.45, 7) is 5.07. The molecule has 1 aromatic heterocycles. The zero-order valence-corrected chi connectivity index (χ0v) is 20.6. The number of alkyl halides is 2. The Morgan fingerprint density at radius 1 is 1.31 bits per heavy atom. The minimum atomic E-state index is -3.26. The third-order valence-electron chi connectivity index (χ3n) is 6.11. The molecule has 0 aliphatic carbocycles. The third kappa shape index (κ3) is 5.33. The number of amidine groups is 1. The topological polar surface area (TPSA) is 108 Å². The monoisotopic (exact) mass is 525 g/mol. The first-order chi connectivity index (χ1) is 16.5. The number of hydrogen-bond donors (Lipinski definition) is 1. The van der Waals surface area contributed by atoms with Gasteiger partial charge in [0.2, 0.25) is 0 Å². The van der Waals surface area contributed by atoms with Crippen molar-refractivity contribution in [1.82, 2.24) is 10.3 Å². The van der Waals surface area contributed by atoms with Gasteiger partial charge < -0.3 is 5.32 Å². The Morgan fingerprint density at radius 3 is 2.49 bits per heavy atom. The summed E-state index contributed by atoms with van der Waals surface area (Å²) in [6.07, 6.45) is -2.88. The van der Waals surface area contributed by atoms with E-state index in [2.05, 4.69) is 33.1 Å². The van der Waals surface area contributed by atoms with Crippen molar-refractivity contribution in [3.05, 3.63) is 57.5 Å². The highest BCUT2D eigenvalue weighted by molar-refractivity contribution is 7.91. The number of nitrogens with zero attached hydrogens (tertiary/aromatic N) is 4. The fourth-order valence-electron chi connectivity index (χ4n) is 4.06. The van der Waals surface area contributed by atoms with Crippen LogP contribution in [0.5, 0.6) is 0 Å². The number of rotatable bonds is 6. The summed E-state index contributed by atoms with van der Waals surface area (Å²) in [5.41, 5.74) is -1.28. The zero-order chi connectivity index (χ0) is 26.0. The molecule has 1 N–H and O–H groups in total. The molecule has 2 heterocycles. The van der Waals surface area contributed by atoms with Gasteiger partial charge in [-0.3, -0.25) is 4.99 Å². The van der Waals surface area contributed by atoms with Gasteiger partial charge >= 0.3 is 0 Å². The molecule has 1 aromatic carbocycles. The van der Waals surface area contributed by atoms with Gasteiger partial charge in [0.1, 0.15) is 26.6 Å². The van der Waals surface area contributed by atoms with Crippen molar-refractivity contribution in [2.24, 2.45) is 9.98 Å². The molecule has 186 valence electrons. The van der Waals surface area contributed by atoms with Gasteiger partial charge in [-0.1, -0.05) is 29.8 Å². The lowest BCUT2D eigenvalue weighted by Gasteiger charge is -2.32. The molecule has 12 heteroatoms. The summed E-state index contributed by atoms with van der Waals surface area (Å²) < 4.78 is 64.9. The number of aliphatic imine (C=N–C) groups is 2. The van der Waals surface area contributed by atoms with Crippen LogP contribution in [0.4, 0.5) is 19.0 Å². The molecule has 1 saturated heterocycles. The molecule has 0 bridgehead atoms. The minimum Gasteiger partial charge on any atom is -0.363 e. The largest absolute Gasteiger partial charge is 0.363 e. The lowest BCUT2D eigenvalue weighted by molar-refractivity contribution is 0.146. The highest BCUT2D eigenvalue weighted by Gasteiger charge is 2.41. The van der Waals surface area contributed by atoms with Gasteiger partial charge in [0.05, 0.1) is 40.2 Å². The molecule has 1 aliphatic heterocycles. The number of nitrogens with one attached hydrogen (secondary N) is 1. The number of pyridine rings is 1. The lowest BCUT2D eigenvalue weighted by Crippen LogP contribution is -2.37. The highest BCUT2D eigenvalue weighted by Crippen LogP contribution is 2.41. The molecule has 0 saturated carbocycles. The zero-order valence-electron chi connectivity index (χ0n) is 19.0. The molecule has 0 radical (unpaired) electrons. The standard InChI is InChI=1S/C23H23ClF3N5O2S/c1-13(14-5-4-6-15(18(14)25)20(26)27)31-21(29-2)16-11-17(19(24)32-22(16)30-3)23(12-28)7-9-35(33,34)10-8-23/h4-6,11,13,20H,3,7-10H2,1-2H3,(H,29,31)/t13-/m1/s1. The Hall–Kier alpha value is -2.97. The molecule has 0 amide bonds. The smallest absolute Gasteiger partial charge is 0.266 e. The summed E-state index contributed by atoms with van der Waals surface area (Å²) in [5, 5.41) is 13.0. The van der Waals surface area contributed by atoms with Crippen molar-refractivity contribution in [2.75, 3.05) is 18.6 Å². The van der Waals surface area contributed by atoms with Crippen LogP contribution in [-0.4, -0.2) is 44.5 Å². The molecule has 35 heavy (non-hydrogen) atoms. The van der Waals surface area contributed by atoms with Crippen LogP contribution >= 0.6 is 11.6 Å². The van der Waals surface area contributed by atoms with E-state index in [1.54, 1.807) is 13.0 Å². The van der Waals surface area contributed by atoms with E-state index in [9.17, 15) is 26.9 Å². The Labute approximate surface area is 206 Å². The van der Waals surface area contributed by atoms with Gasteiger partial charge in [0.15, 0.2) is 5.82 Å². The molecule has 1 atom stereocenters. The van der Waals surface area contributed by atoms with Crippen molar-refractivity contribution in [1.29, 1.82) is 5.26 Å². The van der Waals surface area contributed by atoms with E-state index in [1.165, 1.54) is 19.2 Å². The summed E-state index contributed by atoms with van der Waals surface area (Å²) in [7, 11) is -1.80. The Morgan fingerprint density at radius 2 is 1.94 bits per heavy atom. The molecule has 3 rings (SSSR count). The molecule has 1 aliphatic rings. The highest BCUT2D eigenvalue weighted by atomic mass is 35.5. The van der Waals surface area contributed by atoms with Crippen LogP contribution in [0.1, 0.15) is 54.5 Å². The van der Waals surface area contributed by atoms with Crippen LogP contribution in [0.15, 0.2) is 34.3 Å². The van der Waals surface area contributed by atoms with Gasteiger partial charge in [0, 0.05) is 18.2 Å². The third-order valence-corrected chi connectivity index (χ3v) is 8.05. The van der Waals surface area contributed by atoms with E-state index in [0.717, 1.165) is 6.07 Å². The van der Waals surface area contributed by atoms with Gasteiger partial charge in [0.25, 0.3) is 6.43 Å². The van der Waals surface area contributed by atoms with E-state index >= 15 is 0 Å². The second-order valence-electron chi connectivity index (χ2n) is 8.19. The predicted molar refractivity (Wildman–Crippen MR) is 129 cm³/mol. The van der Waals surface area contributed by atoms with Crippen molar-refractivity contribution in [3.8, 4) is 6.07 Å². The second kappa shape index (κ2) is 10.3. The number of benzene rings is 1. The summed E-state index contributed by atoms with van der Waals surface area (Å²) >= 11 is 6.39. The minimum absolute atomic E-state index is 0.00481. The Balaban J connectivity index is 2.04. The number of halogens is 4.